The molecule has 2 rings (SSSR count). The van der Waals surface area contributed by atoms with Gasteiger partial charge >= 0.3 is 0 Å². The summed E-state index contributed by atoms with van der Waals surface area (Å²) in [7, 11) is 0. The Morgan fingerprint density at radius 3 is 2.52 bits per heavy atom. The SMILES string of the molecule is CCN[C@H](C)CNC(=O)C1CC1c1cc(Cl)cc(Cl)c1.Cl. The minimum Gasteiger partial charge on any atom is -0.354 e. The van der Waals surface area contributed by atoms with Crippen LogP contribution in [0.3, 0.4) is 0 Å². The number of amides is 1. The van der Waals surface area contributed by atoms with Crippen LogP contribution in [0.4, 0.5) is 0 Å². The van der Waals surface area contributed by atoms with E-state index in [-0.39, 0.29) is 30.2 Å². The number of carbonyl (C=O) groups excluding carboxylic acids is 1. The lowest BCUT2D eigenvalue weighted by Crippen LogP contribution is -2.39. The highest BCUT2D eigenvalue weighted by Crippen LogP contribution is 2.48. The first-order chi connectivity index (χ1) is 9.51. The van der Waals surface area contributed by atoms with Gasteiger partial charge in [-0.15, -0.1) is 12.4 Å². The van der Waals surface area contributed by atoms with Gasteiger partial charge in [0.2, 0.25) is 5.91 Å². The van der Waals surface area contributed by atoms with Gasteiger partial charge in [-0.25, -0.2) is 0 Å². The Kier molecular flexibility index (Phi) is 7.28. The van der Waals surface area contributed by atoms with E-state index in [1.807, 2.05) is 12.1 Å². The molecule has 2 unspecified atom stereocenters. The van der Waals surface area contributed by atoms with Crippen molar-refractivity contribution in [1.29, 1.82) is 0 Å². The molecule has 0 saturated heterocycles. The van der Waals surface area contributed by atoms with Crippen molar-refractivity contribution < 1.29 is 4.79 Å². The summed E-state index contributed by atoms with van der Waals surface area (Å²) in [6.07, 6.45) is 0.873. The number of benzene rings is 1. The lowest BCUT2D eigenvalue weighted by Gasteiger charge is -2.13. The van der Waals surface area contributed by atoms with Crippen LogP contribution in [0.25, 0.3) is 0 Å². The van der Waals surface area contributed by atoms with Gasteiger partial charge in [-0.2, -0.15) is 0 Å². The Balaban J connectivity index is 0.00000220. The van der Waals surface area contributed by atoms with E-state index in [0.29, 0.717) is 22.6 Å². The second-order valence-corrected chi connectivity index (χ2v) is 6.23. The van der Waals surface area contributed by atoms with Gasteiger partial charge < -0.3 is 10.6 Å². The standard InChI is InChI=1S/C15H20Cl2N2O.ClH/c1-3-18-9(2)8-19-15(20)14-7-13(14)10-4-11(16)6-12(17)5-10;/h4-6,9,13-14,18H,3,7-8H2,1-2H3,(H,19,20);1H/t9-,13?,14?;/m1./s1. The summed E-state index contributed by atoms with van der Waals surface area (Å²) < 4.78 is 0. The van der Waals surface area contributed by atoms with Crippen LogP contribution in [-0.4, -0.2) is 25.0 Å². The fraction of sp³-hybridized carbons (Fsp3) is 0.533. The van der Waals surface area contributed by atoms with E-state index < -0.39 is 0 Å². The number of hydrogen-bond donors (Lipinski definition) is 2. The lowest BCUT2D eigenvalue weighted by atomic mass is 10.1. The molecule has 6 heteroatoms. The lowest BCUT2D eigenvalue weighted by molar-refractivity contribution is -0.122. The van der Waals surface area contributed by atoms with Crippen molar-refractivity contribution in [2.45, 2.75) is 32.2 Å². The van der Waals surface area contributed by atoms with Gasteiger partial charge in [-0.05, 0) is 49.6 Å². The van der Waals surface area contributed by atoms with Crippen molar-refractivity contribution in [2.24, 2.45) is 5.92 Å². The molecule has 1 saturated carbocycles. The van der Waals surface area contributed by atoms with E-state index in [1.54, 1.807) is 6.07 Å². The van der Waals surface area contributed by atoms with Crippen LogP contribution in [0.1, 0.15) is 31.7 Å². The van der Waals surface area contributed by atoms with E-state index >= 15 is 0 Å². The largest absolute Gasteiger partial charge is 0.354 e. The van der Waals surface area contributed by atoms with Gasteiger partial charge in [0, 0.05) is 28.5 Å². The molecule has 1 aromatic rings. The summed E-state index contributed by atoms with van der Waals surface area (Å²) in [5, 5.41) is 7.51. The molecule has 3 nitrogen and oxygen atoms in total. The average molecular weight is 352 g/mol. The zero-order valence-corrected chi connectivity index (χ0v) is 14.5. The topological polar surface area (TPSA) is 41.1 Å². The summed E-state index contributed by atoms with van der Waals surface area (Å²) in [6.45, 7) is 5.68. The molecule has 21 heavy (non-hydrogen) atoms. The second-order valence-electron chi connectivity index (χ2n) is 5.36. The maximum atomic E-state index is 12.1. The smallest absolute Gasteiger partial charge is 0.223 e. The first-order valence-electron chi connectivity index (χ1n) is 6.98. The first kappa shape index (κ1) is 18.6. The van der Waals surface area contributed by atoms with Gasteiger partial charge in [0.15, 0.2) is 0 Å². The maximum absolute atomic E-state index is 12.1. The van der Waals surface area contributed by atoms with Gasteiger partial charge in [-0.1, -0.05) is 30.1 Å². The fourth-order valence-electron chi connectivity index (χ4n) is 2.45. The van der Waals surface area contributed by atoms with Crippen molar-refractivity contribution in [3.8, 4) is 0 Å². The highest BCUT2D eigenvalue weighted by molar-refractivity contribution is 6.34. The van der Waals surface area contributed by atoms with E-state index in [0.717, 1.165) is 18.5 Å². The van der Waals surface area contributed by atoms with Crippen LogP contribution in [-0.2, 0) is 4.79 Å². The molecular formula is C15H21Cl3N2O. The van der Waals surface area contributed by atoms with E-state index in [1.165, 1.54) is 0 Å². The number of hydrogen-bond acceptors (Lipinski definition) is 2. The average Bonchev–Trinajstić information content (AvgIpc) is 3.15. The molecule has 118 valence electrons. The van der Waals surface area contributed by atoms with Crippen LogP contribution >= 0.6 is 35.6 Å². The van der Waals surface area contributed by atoms with Gasteiger partial charge in [0.25, 0.3) is 0 Å². The molecular weight excluding hydrogens is 331 g/mol. The Labute approximate surface area is 142 Å². The number of nitrogens with one attached hydrogen (secondary N) is 2. The first-order valence-corrected chi connectivity index (χ1v) is 7.74. The van der Waals surface area contributed by atoms with Crippen LogP contribution in [0.15, 0.2) is 18.2 Å². The highest BCUT2D eigenvalue weighted by Gasteiger charge is 2.44. The Morgan fingerprint density at radius 1 is 1.33 bits per heavy atom. The molecule has 0 bridgehead atoms. The number of carbonyl (C=O) groups is 1. The molecule has 3 atom stereocenters. The molecule has 0 aromatic heterocycles. The highest BCUT2D eigenvalue weighted by atomic mass is 35.5. The van der Waals surface area contributed by atoms with Crippen LogP contribution in [0.5, 0.6) is 0 Å². The van der Waals surface area contributed by atoms with Crippen molar-refractivity contribution in [1.82, 2.24) is 10.6 Å². The monoisotopic (exact) mass is 350 g/mol. The summed E-state index contributed by atoms with van der Waals surface area (Å²) in [6, 6.07) is 5.79. The fourth-order valence-corrected chi connectivity index (χ4v) is 2.99. The minimum atomic E-state index is 0. The molecule has 1 amide bonds. The van der Waals surface area contributed by atoms with Gasteiger partial charge in [-0.3, -0.25) is 4.79 Å². The molecule has 0 aliphatic heterocycles. The van der Waals surface area contributed by atoms with Crippen LogP contribution in [0.2, 0.25) is 10.0 Å². The predicted octanol–water partition coefficient (Wildman–Crippen LogP) is 3.63. The van der Waals surface area contributed by atoms with Crippen molar-refractivity contribution in [2.75, 3.05) is 13.1 Å². The quantitative estimate of drug-likeness (QED) is 0.821. The summed E-state index contributed by atoms with van der Waals surface area (Å²) in [5.74, 6) is 0.426. The molecule has 0 radical (unpaired) electrons. The predicted molar refractivity (Wildman–Crippen MR) is 90.7 cm³/mol. The third kappa shape index (κ3) is 5.33. The zero-order valence-electron chi connectivity index (χ0n) is 12.2. The van der Waals surface area contributed by atoms with Gasteiger partial charge in [0.05, 0.1) is 0 Å². The Morgan fingerprint density at radius 2 is 1.95 bits per heavy atom. The zero-order chi connectivity index (χ0) is 14.7. The summed E-state index contributed by atoms with van der Waals surface area (Å²) >= 11 is 12.0. The summed E-state index contributed by atoms with van der Waals surface area (Å²) in [5.41, 5.74) is 1.06. The van der Waals surface area contributed by atoms with Crippen LogP contribution < -0.4 is 10.6 Å². The molecule has 0 spiro atoms. The number of halogens is 3. The minimum absolute atomic E-state index is 0. The number of likely N-dealkylation sites (N-methyl/N-ethyl adjacent to an activating group) is 1. The Hall–Kier alpha value is -0.480. The maximum Gasteiger partial charge on any atom is 0.223 e. The van der Waals surface area contributed by atoms with Crippen molar-refractivity contribution in [3.63, 3.8) is 0 Å². The summed E-state index contributed by atoms with van der Waals surface area (Å²) in [4.78, 5) is 12.1. The van der Waals surface area contributed by atoms with Crippen LogP contribution in [0, 0.1) is 5.92 Å². The van der Waals surface area contributed by atoms with Gasteiger partial charge in [0.1, 0.15) is 0 Å². The van der Waals surface area contributed by atoms with E-state index in [9.17, 15) is 4.79 Å². The molecule has 1 fully saturated rings. The molecule has 0 heterocycles. The van der Waals surface area contributed by atoms with Crippen molar-refractivity contribution in [3.05, 3.63) is 33.8 Å². The number of rotatable bonds is 6. The Bertz CT molecular complexity index is 476. The third-order valence-corrected chi connectivity index (χ3v) is 4.01. The van der Waals surface area contributed by atoms with E-state index in [2.05, 4.69) is 24.5 Å². The molecule has 2 N–H and O–H groups in total. The molecule has 1 aromatic carbocycles. The third-order valence-electron chi connectivity index (χ3n) is 3.58. The van der Waals surface area contributed by atoms with Crippen molar-refractivity contribution >= 4 is 41.5 Å². The second kappa shape index (κ2) is 8.23. The molecule has 1 aliphatic carbocycles. The molecule has 1 aliphatic rings. The normalized spacial score (nSPS) is 21.3. The van der Waals surface area contributed by atoms with E-state index in [4.69, 9.17) is 23.2 Å².